The van der Waals surface area contributed by atoms with Gasteiger partial charge >= 0.3 is 6.36 Å². The smallest absolute Gasteiger partial charge is 0.403 e. The third-order valence-electron chi connectivity index (χ3n) is 4.39. The average Bonchev–Trinajstić information content (AvgIpc) is 3.15. The molecule has 0 aromatic heterocycles. The Balaban J connectivity index is 1.91. The van der Waals surface area contributed by atoms with Gasteiger partial charge in [-0.3, -0.25) is 0 Å². The van der Waals surface area contributed by atoms with Gasteiger partial charge < -0.3 is 15.4 Å². The SMILES string of the molecule is CCNC1CN(/C(=N\C#N)Nc2ccc(F)c(OC(F)(F)F)c2)N=C1c1ccc(Cl)c(Cl)c1. The van der Waals surface area contributed by atoms with E-state index in [1.807, 2.05) is 6.92 Å². The molecule has 3 rings (SSSR count). The highest BCUT2D eigenvalue weighted by molar-refractivity contribution is 6.42. The molecule has 0 amide bonds. The van der Waals surface area contributed by atoms with Gasteiger partial charge in [0, 0.05) is 17.3 Å². The van der Waals surface area contributed by atoms with Crippen molar-refractivity contribution in [3.63, 3.8) is 0 Å². The van der Waals surface area contributed by atoms with Crippen molar-refractivity contribution in [3.05, 3.63) is 57.8 Å². The molecule has 1 aliphatic rings. The molecule has 0 radical (unpaired) electrons. The minimum atomic E-state index is -5.07. The Morgan fingerprint density at radius 1 is 1.27 bits per heavy atom. The van der Waals surface area contributed by atoms with Crippen molar-refractivity contribution in [1.82, 2.24) is 10.3 Å². The van der Waals surface area contributed by atoms with Crippen LogP contribution in [-0.4, -0.2) is 42.2 Å². The monoisotopic (exact) mass is 502 g/mol. The molecule has 1 atom stereocenters. The predicted molar refractivity (Wildman–Crippen MR) is 117 cm³/mol. The topological polar surface area (TPSA) is 85.0 Å². The molecule has 2 N–H and O–H groups in total. The lowest BCUT2D eigenvalue weighted by Crippen LogP contribution is -2.41. The van der Waals surface area contributed by atoms with Crippen LogP contribution in [0.3, 0.4) is 0 Å². The number of halogens is 6. The number of benzene rings is 2. The van der Waals surface area contributed by atoms with E-state index in [9.17, 15) is 17.6 Å². The Morgan fingerprint density at radius 3 is 2.67 bits per heavy atom. The Labute approximate surface area is 196 Å². The maximum Gasteiger partial charge on any atom is 0.573 e. The number of likely N-dealkylation sites (N-methyl/N-ethyl adjacent to an activating group) is 1. The van der Waals surface area contributed by atoms with Gasteiger partial charge in [0.2, 0.25) is 12.2 Å². The van der Waals surface area contributed by atoms with Gasteiger partial charge in [-0.1, -0.05) is 36.2 Å². The second kappa shape index (κ2) is 10.2. The summed E-state index contributed by atoms with van der Waals surface area (Å²) in [5.74, 6) is -2.32. The van der Waals surface area contributed by atoms with Crippen LogP contribution in [0.5, 0.6) is 5.75 Å². The fraction of sp³-hybridized carbons (Fsp3) is 0.250. The maximum absolute atomic E-state index is 13.7. The van der Waals surface area contributed by atoms with E-state index < -0.39 is 17.9 Å². The fourth-order valence-corrected chi connectivity index (χ4v) is 3.36. The van der Waals surface area contributed by atoms with Crippen molar-refractivity contribution in [1.29, 1.82) is 5.26 Å². The quantitative estimate of drug-likeness (QED) is 0.260. The third kappa shape index (κ3) is 6.25. The van der Waals surface area contributed by atoms with Crippen LogP contribution >= 0.6 is 23.2 Å². The van der Waals surface area contributed by atoms with Gasteiger partial charge in [-0.25, -0.2) is 9.40 Å². The van der Waals surface area contributed by atoms with Crippen molar-refractivity contribution in [2.24, 2.45) is 10.1 Å². The number of hydrogen-bond donors (Lipinski definition) is 2. The second-order valence-corrected chi connectivity index (χ2v) is 7.47. The number of nitrogens with one attached hydrogen (secondary N) is 2. The molecule has 0 saturated carbocycles. The number of rotatable bonds is 5. The summed E-state index contributed by atoms with van der Waals surface area (Å²) in [5, 5.41) is 21.6. The van der Waals surface area contributed by atoms with E-state index in [-0.39, 0.29) is 24.2 Å². The van der Waals surface area contributed by atoms with Gasteiger partial charge in [-0.15, -0.1) is 18.2 Å². The van der Waals surface area contributed by atoms with Crippen LogP contribution in [0.2, 0.25) is 10.0 Å². The predicted octanol–water partition coefficient (Wildman–Crippen LogP) is 4.98. The summed E-state index contributed by atoms with van der Waals surface area (Å²) in [6, 6.07) is 7.49. The molecular weight excluding hydrogens is 487 g/mol. The van der Waals surface area contributed by atoms with E-state index in [0.717, 1.165) is 12.1 Å². The third-order valence-corrected chi connectivity index (χ3v) is 5.13. The van der Waals surface area contributed by atoms with E-state index in [1.54, 1.807) is 24.4 Å². The molecule has 2 aromatic carbocycles. The maximum atomic E-state index is 13.7. The highest BCUT2D eigenvalue weighted by Crippen LogP contribution is 2.29. The van der Waals surface area contributed by atoms with E-state index in [0.29, 0.717) is 27.9 Å². The highest BCUT2D eigenvalue weighted by atomic mass is 35.5. The first-order chi connectivity index (χ1) is 15.6. The summed E-state index contributed by atoms with van der Waals surface area (Å²) in [5.41, 5.74) is 1.27. The van der Waals surface area contributed by atoms with E-state index in [4.69, 9.17) is 28.5 Å². The van der Waals surface area contributed by atoms with Gasteiger partial charge in [0.15, 0.2) is 11.6 Å². The van der Waals surface area contributed by atoms with Crippen molar-refractivity contribution in [2.75, 3.05) is 18.4 Å². The lowest BCUT2D eigenvalue weighted by Gasteiger charge is -2.19. The second-order valence-electron chi connectivity index (χ2n) is 6.66. The van der Waals surface area contributed by atoms with Gasteiger partial charge in [-0.05, 0) is 30.8 Å². The first kappa shape index (κ1) is 24.6. The Morgan fingerprint density at radius 2 is 2.03 bits per heavy atom. The number of aliphatic imine (C=N–C) groups is 1. The average molecular weight is 503 g/mol. The largest absolute Gasteiger partial charge is 0.573 e. The highest BCUT2D eigenvalue weighted by Gasteiger charge is 2.33. The molecule has 0 fully saturated rings. The van der Waals surface area contributed by atoms with Crippen molar-refractivity contribution in [2.45, 2.75) is 19.3 Å². The number of ether oxygens (including phenoxy) is 1. The molecule has 1 unspecified atom stereocenters. The Hall–Kier alpha value is -3.07. The molecule has 0 bridgehead atoms. The minimum Gasteiger partial charge on any atom is -0.403 e. The van der Waals surface area contributed by atoms with Crippen LogP contribution in [0.15, 0.2) is 46.5 Å². The fourth-order valence-electron chi connectivity index (χ4n) is 3.07. The molecule has 0 aliphatic carbocycles. The Kier molecular flexibility index (Phi) is 7.63. The number of nitrogens with zero attached hydrogens (tertiary/aromatic N) is 4. The summed E-state index contributed by atoms with van der Waals surface area (Å²) in [4.78, 5) is 3.68. The zero-order chi connectivity index (χ0) is 24.2. The number of nitriles is 1. The molecule has 7 nitrogen and oxygen atoms in total. The molecule has 2 aromatic rings. The molecule has 0 saturated heterocycles. The zero-order valence-electron chi connectivity index (χ0n) is 16.9. The van der Waals surface area contributed by atoms with Gasteiger partial charge in [0.05, 0.1) is 28.3 Å². The summed E-state index contributed by atoms with van der Waals surface area (Å²) in [7, 11) is 0. The summed E-state index contributed by atoms with van der Waals surface area (Å²) in [6.07, 6.45) is -3.46. The summed E-state index contributed by atoms with van der Waals surface area (Å²) >= 11 is 12.1. The molecule has 33 heavy (non-hydrogen) atoms. The van der Waals surface area contributed by atoms with Crippen LogP contribution in [-0.2, 0) is 0 Å². The summed E-state index contributed by atoms with van der Waals surface area (Å²) < 4.78 is 55.0. The number of guanidine groups is 1. The molecule has 174 valence electrons. The van der Waals surface area contributed by atoms with Crippen LogP contribution < -0.4 is 15.4 Å². The summed E-state index contributed by atoms with van der Waals surface area (Å²) in [6.45, 7) is 2.75. The Bertz CT molecular complexity index is 1130. The van der Waals surface area contributed by atoms with E-state index in [1.165, 1.54) is 11.1 Å². The molecular formula is C20H16Cl2F4N6O. The van der Waals surface area contributed by atoms with Crippen LogP contribution in [0.4, 0.5) is 23.2 Å². The van der Waals surface area contributed by atoms with Gasteiger partial charge in [-0.2, -0.15) is 10.4 Å². The molecule has 1 heterocycles. The van der Waals surface area contributed by atoms with Gasteiger partial charge in [0.1, 0.15) is 0 Å². The first-order valence-corrected chi connectivity index (χ1v) is 10.2. The first-order valence-electron chi connectivity index (χ1n) is 9.45. The molecule has 0 spiro atoms. The number of anilines is 1. The van der Waals surface area contributed by atoms with Crippen LogP contribution in [0, 0.1) is 17.3 Å². The number of alkyl halides is 3. The van der Waals surface area contributed by atoms with Crippen LogP contribution in [0.25, 0.3) is 0 Å². The molecule has 13 heteroatoms. The zero-order valence-corrected chi connectivity index (χ0v) is 18.4. The standard InChI is InChI=1S/C20H16Cl2F4N6O/c1-2-28-16-9-32(31-18(16)11-3-5-13(21)14(22)7-11)19(29-10-27)30-12-4-6-15(23)17(8-12)33-20(24,25)26/h3-8,16,28H,2,9H2,1H3,(H,29,30). The van der Waals surface area contributed by atoms with E-state index in [2.05, 4.69) is 25.5 Å². The number of hydrazone groups is 1. The van der Waals surface area contributed by atoms with Gasteiger partial charge in [0.25, 0.3) is 0 Å². The number of hydrogen-bond acceptors (Lipinski definition) is 5. The van der Waals surface area contributed by atoms with Crippen LogP contribution in [0.1, 0.15) is 12.5 Å². The minimum absolute atomic E-state index is 0.00263. The van der Waals surface area contributed by atoms with Crippen molar-refractivity contribution < 1.29 is 22.3 Å². The van der Waals surface area contributed by atoms with E-state index >= 15 is 0 Å². The molecule has 1 aliphatic heterocycles. The van der Waals surface area contributed by atoms with Crippen molar-refractivity contribution in [3.8, 4) is 11.9 Å². The normalized spacial score (nSPS) is 16.4. The lowest BCUT2D eigenvalue weighted by molar-refractivity contribution is -0.275. The lowest BCUT2D eigenvalue weighted by atomic mass is 10.0. The van der Waals surface area contributed by atoms with Crippen molar-refractivity contribution >= 4 is 40.6 Å².